The average molecular weight is 192 g/mol. The van der Waals surface area contributed by atoms with Gasteiger partial charge in [-0.15, -0.1) is 0 Å². The largest absolute Gasteiger partial charge is 0.307 e. The summed E-state index contributed by atoms with van der Waals surface area (Å²) in [5, 5.41) is 7.71. The molecule has 4 heteroatoms. The van der Waals surface area contributed by atoms with Crippen molar-refractivity contribution < 1.29 is 0 Å². The van der Waals surface area contributed by atoms with Crippen molar-refractivity contribution in [3.8, 4) is 0 Å². The van der Waals surface area contributed by atoms with Crippen LogP contribution in [0.3, 0.4) is 0 Å². The van der Waals surface area contributed by atoms with Crippen molar-refractivity contribution in [2.45, 2.75) is 38.9 Å². The van der Waals surface area contributed by atoms with Crippen molar-refractivity contribution in [2.24, 2.45) is 0 Å². The number of aromatic nitrogens is 3. The van der Waals surface area contributed by atoms with Crippen LogP contribution in [0.4, 0.5) is 0 Å². The van der Waals surface area contributed by atoms with Gasteiger partial charge in [0.15, 0.2) is 5.82 Å². The molecular weight excluding hydrogens is 176 g/mol. The Balaban J connectivity index is 1.84. The molecule has 1 aromatic heterocycles. The third kappa shape index (κ3) is 2.67. The molecule has 1 heterocycles. The van der Waals surface area contributed by atoms with Crippen molar-refractivity contribution in [1.29, 1.82) is 0 Å². The second-order valence-corrected chi connectivity index (χ2v) is 3.97. The lowest BCUT2D eigenvalue weighted by Crippen LogP contribution is -2.16. The smallest absolute Gasteiger partial charge is 0.164 e. The van der Waals surface area contributed by atoms with Crippen LogP contribution in [-0.2, 0) is 13.1 Å². The van der Waals surface area contributed by atoms with Crippen molar-refractivity contribution >= 4 is 0 Å². The molecule has 0 aliphatic heterocycles. The second-order valence-electron chi connectivity index (χ2n) is 3.97. The maximum atomic E-state index is 4.33. The zero-order valence-electron chi connectivity index (χ0n) is 8.53. The van der Waals surface area contributed by atoms with Gasteiger partial charge in [-0.3, -0.25) is 0 Å². The van der Waals surface area contributed by atoms with Crippen LogP contribution in [0, 0.1) is 0 Å². The van der Waals surface area contributed by atoms with E-state index < -0.39 is 0 Å². The molecule has 4 nitrogen and oxygen atoms in total. The molecule has 0 amide bonds. The van der Waals surface area contributed by atoms with Crippen LogP contribution in [0.2, 0.25) is 0 Å². The van der Waals surface area contributed by atoms with Crippen LogP contribution in [0.15, 0.2) is 18.5 Å². The highest BCUT2D eigenvalue weighted by Gasteiger charge is 2.20. The maximum absolute atomic E-state index is 4.33. The quantitative estimate of drug-likeness (QED) is 0.710. The van der Waals surface area contributed by atoms with Gasteiger partial charge < -0.3 is 5.32 Å². The van der Waals surface area contributed by atoms with Crippen LogP contribution < -0.4 is 5.32 Å². The molecule has 0 saturated heterocycles. The minimum atomic E-state index is 0.711. The van der Waals surface area contributed by atoms with Gasteiger partial charge in [0.25, 0.3) is 0 Å². The molecule has 0 aromatic carbocycles. The lowest BCUT2D eigenvalue weighted by Gasteiger charge is -1.98. The summed E-state index contributed by atoms with van der Waals surface area (Å²) in [6, 6.07) is 0.711. The van der Waals surface area contributed by atoms with Gasteiger partial charge in [0.05, 0.1) is 13.1 Å². The standard InChI is InChI=1S/C10H16N4/c1-8(2)6-14-7-12-10(13-14)5-11-9-3-4-9/h7,9,11H,1,3-6H2,2H3. The zero-order valence-corrected chi connectivity index (χ0v) is 8.53. The van der Waals surface area contributed by atoms with E-state index in [0.717, 1.165) is 24.5 Å². The van der Waals surface area contributed by atoms with Crippen LogP contribution >= 0.6 is 0 Å². The van der Waals surface area contributed by atoms with Crippen molar-refractivity contribution in [2.75, 3.05) is 0 Å². The Morgan fingerprint density at radius 2 is 2.50 bits per heavy atom. The number of nitrogens with one attached hydrogen (secondary N) is 1. The summed E-state index contributed by atoms with van der Waals surface area (Å²) in [6.45, 7) is 7.38. The summed E-state index contributed by atoms with van der Waals surface area (Å²) in [6.07, 6.45) is 4.36. The predicted molar refractivity (Wildman–Crippen MR) is 54.7 cm³/mol. The third-order valence-electron chi connectivity index (χ3n) is 2.14. The topological polar surface area (TPSA) is 42.7 Å². The van der Waals surface area contributed by atoms with Crippen molar-refractivity contribution in [3.63, 3.8) is 0 Å². The highest BCUT2D eigenvalue weighted by Crippen LogP contribution is 2.18. The monoisotopic (exact) mass is 192 g/mol. The highest BCUT2D eigenvalue weighted by molar-refractivity contribution is 4.91. The van der Waals surface area contributed by atoms with E-state index >= 15 is 0 Å². The summed E-state index contributed by atoms with van der Waals surface area (Å²) in [5.74, 6) is 0.873. The Labute approximate surface area is 84.0 Å². The molecule has 1 fully saturated rings. The van der Waals surface area contributed by atoms with Crippen LogP contribution in [0.1, 0.15) is 25.6 Å². The molecule has 2 rings (SSSR count). The van der Waals surface area contributed by atoms with Gasteiger partial charge >= 0.3 is 0 Å². The van der Waals surface area contributed by atoms with Crippen molar-refractivity contribution in [3.05, 3.63) is 24.3 Å². The molecule has 1 aliphatic rings. The second kappa shape index (κ2) is 3.92. The Hall–Kier alpha value is -1.16. The third-order valence-corrected chi connectivity index (χ3v) is 2.14. The summed E-state index contributed by atoms with van der Waals surface area (Å²) in [7, 11) is 0. The normalized spacial score (nSPS) is 15.8. The SMILES string of the molecule is C=C(C)Cn1cnc(CNC2CC2)n1. The summed E-state index contributed by atoms with van der Waals surface area (Å²) >= 11 is 0. The van der Waals surface area contributed by atoms with Gasteiger partial charge in [-0.05, 0) is 19.8 Å². The molecule has 1 N–H and O–H groups in total. The Morgan fingerprint density at radius 1 is 1.71 bits per heavy atom. The van der Waals surface area contributed by atoms with Gasteiger partial charge in [0.2, 0.25) is 0 Å². The fourth-order valence-corrected chi connectivity index (χ4v) is 1.29. The van der Waals surface area contributed by atoms with Crippen LogP contribution in [0.5, 0.6) is 0 Å². The predicted octanol–water partition coefficient (Wildman–Crippen LogP) is 1.11. The fourth-order valence-electron chi connectivity index (χ4n) is 1.29. The van der Waals surface area contributed by atoms with Gasteiger partial charge in [-0.25, -0.2) is 9.67 Å². The van der Waals surface area contributed by atoms with Gasteiger partial charge in [-0.1, -0.05) is 12.2 Å². The number of hydrogen-bond donors (Lipinski definition) is 1. The van der Waals surface area contributed by atoms with E-state index in [2.05, 4.69) is 22.0 Å². The molecule has 76 valence electrons. The molecule has 1 saturated carbocycles. The number of rotatable bonds is 5. The molecule has 0 bridgehead atoms. The minimum absolute atomic E-state index is 0.711. The van der Waals surface area contributed by atoms with E-state index in [1.54, 1.807) is 6.33 Å². The van der Waals surface area contributed by atoms with E-state index in [-0.39, 0.29) is 0 Å². The molecule has 14 heavy (non-hydrogen) atoms. The first-order chi connectivity index (χ1) is 6.74. The minimum Gasteiger partial charge on any atom is -0.307 e. The first kappa shape index (κ1) is 9.40. The Kier molecular flexibility index (Phi) is 2.63. The highest BCUT2D eigenvalue weighted by atomic mass is 15.3. The molecule has 1 aromatic rings. The van der Waals surface area contributed by atoms with Crippen LogP contribution in [-0.4, -0.2) is 20.8 Å². The molecule has 1 aliphatic carbocycles. The van der Waals surface area contributed by atoms with Gasteiger partial charge in [0.1, 0.15) is 6.33 Å². The summed E-state index contributed by atoms with van der Waals surface area (Å²) in [4.78, 5) is 4.22. The van der Waals surface area contributed by atoms with E-state index in [9.17, 15) is 0 Å². The van der Waals surface area contributed by atoms with Gasteiger partial charge in [0, 0.05) is 6.04 Å². The molecular formula is C10H16N4. The van der Waals surface area contributed by atoms with Crippen molar-refractivity contribution in [1.82, 2.24) is 20.1 Å². The molecule has 0 radical (unpaired) electrons. The van der Waals surface area contributed by atoms with Crippen LogP contribution in [0.25, 0.3) is 0 Å². The first-order valence-electron chi connectivity index (χ1n) is 5.00. The maximum Gasteiger partial charge on any atom is 0.164 e. The molecule has 0 atom stereocenters. The molecule has 0 spiro atoms. The first-order valence-corrected chi connectivity index (χ1v) is 5.00. The number of hydrogen-bond acceptors (Lipinski definition) is 3. The summed E-state index contributed by atoms with van der Waals surface area (Å²) < 4.78 is 1.83. The number of allylic oxidation sites excluding steroid dienone is 1. The fraction of sp³-hybridized carbons (Fsp3) is 0.600. The molecule has 0 unspecified atom stereocenters. The average Bonchev–Trinajstić information content (AvgIpc) is 2.84. The van der Waals surface area contributed by atoms with E-state index in [1.807, 2.05) is 11.6 Å². The Bertz CT molecular complexity index is 325. The van der Waals surface area contributed by atoms with E-state index in [4.69, 9.17) is 0 Å². The Morgan fingerprint density at radius 3 is 3.14 bits per heavy atom. The zero-order chi connectivity index (χ0) is 9.97. The lowest BCUT2D eigenvalue weighted by molar-refractivity contribution is 0.625. The lowest BCUT2D eigenvalue weighted by atomic mass is 10.4. The van der Waals surface area contributed by atoms with Gasteiger partial charge in [-0.2, -0.15) is 5.10 Å². The van der Waals surface area contributed by atoms with E-state index in [0.29, 0.717) is 6.04 Å². The number of nitrogens with zero attached hydrogens (tertiary/aromatic N) is 3. The van der Waals surface area contributed by atoms with E-state index in [1.165, 1.54) is 12.8 Å². The summed E-state index contributed by atoms with van der Waals surface area (Å²) in [5.41, 5.74) is 1.09.